The zero-order chi connectivity index (χ0) is 17.9. The summed E-state index contributed by atoms with van der Waals surface area (Å²) >= 11 is 0. The fraction of sp³-hybridized carbons (Fsp3) is 0.435. The van der Waals surface area contributed by atoms with E-state index in [4.69, 9.17) is 0 Å². The zero-order valence-electron chi connectivity index (χ0n) is 15.5. The molecule has 2 aliphatic heterocycles. The molecular weight excluding hydrogens is 320 g/mol. The molecule has 2 aromatic rings. The standard InChI is InChI=1S/C23H28N2O/c1-17-8-5-6-13-22(17)23(26)24-19-14-20-11-7-12-21(15-19)25(20)16-18-9-3-2-4-10-18/h2-6,8-10,13,19-21H,7,11-12,14-16H2,1H3,(H,24,26)/t20-,21-/m1/s1. The first-order valence-electron chi connectivity index (χ1n) is 9.87. The van der Waals surface area contributed by atoms with Crippen LogP contribution in [0.25, 0.3) is 0 Å². The van der Waals surface area contributed by atoms with Crippen LogP contribution >= 0.6 is 0 Å². The summed E-state index contributed by atoms with van der Waals surface area (Å²) in [5.41, 5.74) is 3.25. The molecule has 2 heterocycles. The minimum atomic E-state index is 0.0858. The van der Waals surface area contributed by atoms with E-state index in [9.17, 15) is 4.79 Å². The van der Waals surface area contributed by atoms with Crippen LogP contribution in [0.1, 0.15) is 53.6 Å². The summed E-state index contributed by atoms with van der Waals surface area (Å²) in [6.07, 6.45) is 5.96. The van der Waals surface area contributed by atoms with Crippen molar-refractivity contribution in [1.29, 1.82) is 0 Å². The van der Waals surface area contributed by atoms with Gasteiger partial charge in [0.15, 0.2) is 0 Å². The Hall–Kier alpha value is -2.13. The Morgan fingerprint density at radius 1 is 1.00 bits per heavy atom. The molecule has 0 spiro atoms. The van der Waals surface area contributed by atoms with E-state index in [0.29, 0.717) is 18.1 Å². The monoisotopic (exact) mass is 348 g/mol. The first-order valence-corrected chi connectivity index (χ1v) is 9.87. The lowest BCUT2D eigenvalue weighted by Gasteiger charge is -2.49. The Kier molecular flexibility index (Phi) is 5.07. The molecule has 1 amide bonds. The lowest BCUT2D eigenvalue weighted by Crippen LogP contribution is -2.56. The molecule has 0 aliphatic carbocycles. The number of piperidine rings is 2. The SMILES string of the molecule is Cc1ccccc1C(=O)NC1C[C@H]2CCC[C@H](C1)N2Cc1ccccc1. The maximum absolute atomic E-state index is 12.7. The second-order valence-corrected chi connectivity index (χ2v) is 7.85. The third kappa shape index (κ3) is 3.68. The van der Waals surface area contributed by atoms with Gasteiger partial charge < -0.3 is 5.32 Å². The normalized spacial score (nSPS) is 25.7. The highest BCUT2D eigenvalue weighted by Crippen LogP contribution is 2.35. The molecule has 0 aromatic heterocycles. The molecule has 2 bridgehead atoms. The number of benzene rings is 2. The molecule has 2 saturated heterocycles. The molecule has 1 N–H and O–H groups in total. The largest absolute Gasteiger partial charge is 0.349 e. The zero-order valence-corrected chi connectivity index (χ0v) is 15.5. The van der Waals surface area contributed by atoms with Crippen molar-refractivity contribution in [2.75, 3.05) is 0 Å². The van der Waals surface area contributed by atoms with Crippen molar-refractivity contribution in [3.63, 3.8) is 0 Å². The van der Waals surface area contributed by atoms with Crippen molar-refractivity contribution in [3.05, 3.63) is 71.3 Å². The van der Waals surface area contributed by atoms with Gasteiger partial charge in [0, 0.05) is 30.2 Å². The number of carbonyl (C=O) groups is 1. The Balaban J connectivity index is 1.43. The summed E-state index contributed by atoms with van der Waals surface area (Å²) in [6.45, 7) is 3.04. The molecule has 0 saturated carbocycles. The topological polar surface area (TPSA) is 32.3 Å². The lowest BCUT2D eigenvalue weighted by molar-refractivity contribution is 0.0177. The molecule has 2 atom stereocenters. The Bertz CT molecular complexity index is 744. The van der Waals surface area contributed by atoms with Crippen molar-refractivity contribution >= 4 is 5.91 Å². The minimum Gasteiger partial charge on any atom is -0.349 e. The molecule has 4 rings (SSSR count). The average Bonchev–Trinajstić information content (AvgIpc) is 2.63. The van der Waals surface area contributed by atoms with Gasteiger partial charge in [-0.15, -0.1) is 0 Å². The van der Waals surface area contributed by atoms with Crippen LogP contribution in [0.5, 0.6) is 0 Å². The molecule has 2 fully saturated rings. The second kappa shape index (κ2) is 7.63. The van der Waals surface area contributed by atoms with Crippen molar-refractivity contribution in [2.24, 2.45) is 0 Å². The van der Waals surface area contributed by atoms with Gasteiger partial charge in [-0.2, -0.15) is 0 Å². The second-order valence-electron chi connectivity index (χ2n) is 7.85. The smallest absolute Gasteiger partial charge is 0.251 e. The lowest BCUT2D eigenvalue weighted by atomic mass is 9.81. The summed E-state index contributed by atoms with van der Waals surface area (Å²) in [7, 11) is 0. The van der Waals surface area contributed by atoms with Gasteiger partial charge in [0.2, 0.25) is 0 Å². The van der Waals surface area contributed by atoms with Gasteiger partial charge in [0.1, 0.15) is 0 Å². The predicted octanol–water partition coefficient (Wildman–Crippen LogP) is 4.31. The van der Waals surface area contributed by atoms with Crippen molar-refractivity contribution in [1.82, 2.24) is 10.2 Å². The van der Waals surface area contributed by atoms with Crippen LogP contribution in [0, 0.1) is 6.92 Å². The maximum atomic E-state index is 12.7. The minimum absolute atomic E-state index is 0.0858. The maximum Gasteiger partial charge on any atom is 0.251 e. The molecule has 0 radical (unpaired) electrons. The summed E-state index contributed by atoms with van der Waals surface area (Å²) in [5.74, 6) is 0.0858. The number of rotatable bonds is 4. The van der Waals surface area contributed by atoms with E-state index < -0.39 is 0 Å². The van der Waals surface area contributed by atoms with Crippen LogP contribution in [0.4, 0.5) is 0 Å². The van der Waals surface area contributed by atoms with Gasteiger partial charge in [-0.05, 0) is 49.8 Å². The van der Waals surface area contributed by atoms with E-state index in [2.05, 4.69) is 40.5 Å². The van der Waals surface area contributed by atoms with E-state index in [-0.39, 0.29) is 5.91 Å². The summed E-state index contributed by atoms with van der Waals surface area (Å²) in [6, 6.07) is 20.1. The van der Waals surface area contributed by atoms with Crippen LogP contribution in [0.3, 0.4) is 0 Å². The molecule has 3 nitrogen and oxygen atoms in total. The number of hydrogen-bond acceptors (Lipinski definition) is 2. The summed E-state index contributed by atoms with van der Waals surface area (Å²) in [5, 5.41) is 3.32. The third-order valence-corrected chi connectivity index (χ3v) is 6.06. The molecular formula is C23H28N2O. The highest BCUT2D eigenvalue weighted by molar-refractivity contribution is 5.95. The molecule has 2 aliphatic rings. The third-order valence-electron chi connectivity index (χ3n) is 6.06. The number of fused-ring (bicyclic) bond motifs is 2. The highest BCUT2D eigenvalue weighted by Gasteiger charge is 2.38. The van der Waals surface area contributed by atoms with E-state index in [1.54, 1.807) is 0 Å². The number of aryl methyl sites for hydroxylation is 1. The fourth-order valence-electron chi connectivity index (χ4n) is 4.74. The average molecular weight is 348 g/mol. The van der Waals surface area contributed by atoms with Crippen LogP contribution < -0.4 is 5.32 Å². The van der Waals surface area contributed by atoms with Crippen molar-refractivity contribution in [3.8, 4) is 0 Å². The summed E-state index contributed by atoms with van der Waals surface area (Å²) < 4.78 is 0. The van der Waals surface area contributed by atoms with Crippen LogP contribution in [-0.4, -0.2) is 28.9 Å². The highest BCUT2D eigenvalue weighted by atomic mass is 16.1. The Labute approximate surface area is 156 Å². The number of amides is 1. The van der Waals surface area contributed by atoms with Crippen LogP contribution in [-0.2, 0) is 6.54 Å². The first-order chi connectivity index (χ1) is 12.7. The fourth-order valence-corrected chi connectivity index (χ4v) is 4.74. The molecule has 3 heteroatoms. The van der Waals surface area contributed by atoms with Gasteiger partial charge >= 0.3 is 0 Å². The van der Waals surface area contributed by atoms with Crippen molar-refractivity contribution < 1.29 is 4.79 Å². The van der Waals surface area contributed by atoms with E-state index >= 15 is 0 Å². The summed E-state index contributed by atoms with van der Waals surface area (Å²) in [4.78, 5) is 15.4. The van der Waals surface area contributed by atoms with Crippen LogP contribution in [0.15, 0.2) is 54.6 Å². The molecule has 0 unspecified atom stereocenters. The molecule has 136 valence electrons. The van der Waals surface area contributed by atoms with Gasteiger partial charge in [0.05, 0.1) is 0 Å². The van der Waals surface area contributed by atoms with E-state index in [1.165, 1.54) is 24.8 Å². The molecule has 26 heavy (non-hydrogen) atoms. The predicted molar refractivity (Wildman–Crippen MR) is 105 cm³/mol. The van der Waals surface area contributed by atoms with Crippen LogP contribution in [0.2, 0.25) is 0 Å². The van der Waals surface area contributed by atoms with E-state index in [1.807, 2.05) is 31.2 Å². The molecule has 2 aromatic carbocycles. The van der Waals surface area contributed by atoms with Crippen molar-refractivity contribution in [2.45, 2.75) is 63.7 Å². The Morgan fingerprint density at radius 3 is 2.35 bits per heavy atom. The quantitative estimate of drug-likeness (QED) is 0.893. The van der Waals surface area contributed by atoms with Gasteiger partial charge in [0.25, 0.3) is 5.91 Å². The first kappa shape index (κ1) is 17.3. The van der Waals surface area contributed by atoms with Gasteiger partial charge in [-0.3, -0.25) is 9.69 Å². The number of carbonyl (C=O) groups excluding carboxylic acids is 1. The van der Waals surface area contributed by atoms with Gasteiger partial charge in [-0.1, -0.05) is 55.0 Å². The van der Waals surface area contributed by atoms with E-state index in [0.717, 1.165) is 30.5 Å². The number of hydrogen-bond donors (Lipinski definition) is 1. The number of nitrogens with zero attached hydrogens (tertiary/aromatic N) is 1. The van der Waals surface area contributed by atoms with Gasteiger partial charge in [-0.25, -0.2) is 0 Å². The Morgan fingerprint density at radius 2 is 1.65 bits per heavy atom. The number of nitrogens with one attached hydrogen (secondary N) is 1.